The van der Waals surface area contributed by atoms with E-state index in [0.29, 0.717) is 5.92 Å². The van der Waals surface area contributed by atoms with Crippen molar-refractivity contribution in [3.63, 3.8) is 0 Å². The largest absolute Gasteiger partial charge is 0.0988 e. The number of rotatable bonds is 14. The van der Waals surface area contributed by atoms with Gasteiger partial charge >= 0.3 is 0 Å². The van der Waals surface area contributed by atoms with E-state index in [4.69, 9.17) is 0 Å². The maximum atomic E-state index is 4.09. The van der Waals surface area contributed by atoms with E-state index in [1.165, 1.54) is 44.9 Å². The molecule has 0 rings (SSSR count). The Labute approximate surface area is 159 Å². The molecule has 0 heteroatoms. The molecule has 144 valence electrons. The summed E-state index contributed by atoms with van der Waals surface area (Å²) in [5.74, 6) is 2.24. The SMILES string of the molecule is C=CC(=C)CCC(C/C=C(\C)CCCC(C)C)/C(C)=C/CCC(C)C. The van der Waals surface area contributed by atoms with Crippen LogP contribution in [0.1, 0.15) is 92.9 Å². The molecule has 0 fully saturated rings. The van der Waals surface area contributed by atoms with Gasteiger partial charge in [-0.25, -0.2) is 0 Å². The van der Waals surface area contributed by atoms with Gasteiger partial charge in [0.2, 0.25) is 0 Å². The van der Waals surface area contributed by atoms with Crippen molar-refractivity contribution in [3.05, 3.63) is 48.1 Å². The normalized spacial score (nSPS) is 14.2. The van der Waals surface area contributed by atoms with E-state index in [9.17, 15) is 0 Å². The Kier molecular flexibility index (Phi) is 13.6. The second-order valence-electron chi connectivity index (χ2n) is 8.59. The monoisotopic (exact) mass is 344 g/mol. The first-order valence-electron chi connectivity index (χ1n) is 10.4. The summed E-state index contributed by atoms with van der Waals surface area (Å²) in [6, 6.07) is 0. The number of hydrogen-bond acceptors (Lipinski definition) is 0. The lowest BCUT2D eigenvalue weighted by atomic mass is 9.88. The van der Waals surface area contributed by atoms with Crippen LogP contribution in [-0.2, 0) is 0 Å². The summed E-state index contributed by atoms with van der Waals surface area (Å²) < 4.78 is 0. The molecule has 0 aromatic heterocycles. The first-order chi connectivity index (χ1) is 11.8. The van der Waals surface area contributed by atoms with Crippen molar-refractivity contribution in [2.75, 3.05) is 0 Å². The van der Waals surface area contributed by atoms with Crippen molar-refractivity contribution in [2.45, 2.75) is 92.9 Å². The highest BCUT2D eigenvalue weighted by atomic mass is 14.2. The van der Waals surface area contributed by atoms with E-state index in [1.807, 2.05) is 6.08 Å². The zero-order chi connectivity index (χ0) is 19.2. The molecule has 0 bridgehead atoms. The third kappa shape index (κ3) is 13.9. The van der Waals surface area contributed by atoms with E-state index in [1.54, 1.807) is 11.1 Å². The van der Waals surface area contributed by atoms with Crippen molar-refractivity contribution >= 4 is 0 Å². The maximum Gasteiger partial charge on any atom is -0.0168 e. The molecule has 0 radical (unpaired) electrons. The molecule has 0 heterocycles. The molecular formula is C25H44. The first kappa shape index (κ1) is 24.0. The van der Waals surface area contributed by atoms with E-state index in [-0.39, 0.29) is 0 Å². The predicted octanol–water partition coefficient (Wildman–Crippen LogP) is 8.67. The van der Waals surface area contributed by atoms with Crippen molar-refractivity contribution in [1.82, 2.24) is 0 Å². The van der Waals surface area contributed by atoms with Crippen LogP contribution in [0.25, 0.3) is 0 Å². The maximum absolute atomic E-state index is 4.09. The second-order valence-corrected chi connectivity index (χ2v) is 8.59. The third-order valence-electron chi connectivity index (χ3n) is 5.06. The summed E-state index contributed by atoms with van der Waals surface area (Å²) in [6.07, 6.45) is 16.7. The van der Waals surface area contributed by atoms with Gasteiger partial charge in [0.25, 0.3) is 0 Å². The van der Waals surface area contributed by atoms with Crippen LogP contribution in [0.15, 0.2) is 48.1 Å². The molecule has 25 heavy (non-hydrogen) atoms. The lowest BCUT2D eigenvalue weighted by molar-refractivity contribution is 0.545. The Morgan fingerprint density at radius 2 is 1.52 bits per heavy atom. The van der Waals surface area contributed by atoms with E-state index < -0.39 is 0 Å². The van der Waals surface area contributed by atoms with Gasteiger partial charge in [-0.3, -0.25) is 0 Å². The van der Waals surface area contributed by atoms with Gasteiger partial charge in [-0.15, -0.1) is 0 Å². The lowest BCUT2D eigenvalue weighted by Crippen LogP contribution is -2.03. The molecule has 0 N–H and O–H groups in total. The summed E-state index contributed by atoms with van der Waals surface area (Å²) >= 11 is 0. The smallest absolute Gasteiger partial charge is 0.0168 e. The molecule has 0 aromatic carbocycles. The van der Waals surface area contributed by atoms with Crippen LogP contribution >= 0.6 is 0 Å². The molecule has 1 atom stereocenters. The van der Waals surface area contributed by atoms with Crippen molar-refractivity contribution in [1.29, 1.82) is 0 Å². The van der Waals surface area contributed by atoms with Crippen molar-refractivity contribution in [3.8, 4) is 0 Å². The van der Waals surface area contributed by atoms with Crippen LogP contribution < -0.4 is 0 Å². The van der Waals surface area contributed by atoms with Gasteiger partial charge in [-0.05, 0) is 76.5 Å². The molecule has 0 spiro atoms. The highest BCUT2D eigenvalue weighted by Crippen LogP contribution is 2.26. The predicted molar refractivity (Wildman–Crippen MR) is 117 cm³/mol. The fraction of sp³-hybridized carbons (Fsp3) is 0.680. The molecule has 0 aliphatic heterocycles. The Bertz CT molecular complexity index is 431. The number of hydrogen-bond donors (Lipinski definition) is 0. The second kappa shape index (κ2) is 14.2. The molecule has 0 saturated heterocycles. The molecule has 1 unspecified atom stereocenters. The molecule has 0 aliphatic carbocycles. The fourth-order valence-electron chi connectivity index (χ4n) is 3.04. The molecule has 0 nitrogen and oxygen atoms in total. The third-order valence-corrected chi connectivity index (χ3v) is 5.06. The van der Waals surface area contributed by atoms with Gasteiger partial charge in [-0.1, -0.05) is 82.2 Å². The van der Waals surface area contributed by atoms with Crippen LogP contribution in [0.5, 0.6) is 0 Å². The molecular weight excluding hydrogens is 300 g/mol. The summed E-state index contributed by atoms with van der Waals surface area (Å²) in [6.45, 7) is 21.8. The van der Waals surface area contributed by atoms with Crippen LogP contribution in [0, 0.1) is 17.8 Å². The van der Waals surface area contributed by atoms with E-state index >= 15 is 0 Å². The summed E-state index contributed by atoms with van der Waals surface area (Å²) in [7, 11) is 0. The van der Waals surface area contributed by atoms with Gasteiger partial charge in [0.05, 0.1) is 0 Å². The minimum Gasteiger partial charge on any atom is -0.0988 e. The van der Waals surface area contributed by atoms with Crippen LogP contribution in [0.2, 0.25) is 0 Å². The zero-order valence-corrected chi connectivity index (χ0v) is 18.0. The quantitative estimate of drug-likeness (QED) is 0.218. The van der Waals surface area contributed by atoms with Gasteiger partial charge < -0.3 is 0 Å². The Morgan fingerprint density at radius 3 is 2.08 bits per heavy atom. The molecule has 0 aromatic rings. The summed E-state index contributed by atoms with van der Waals surface area (Å²) in [4.78, 5) is 0. The topological polar surface area (TPSA) is 0 Å². The van der Waals surface area contributed by atoms with Crippen LogP contribution in [-0.4, -0.2) is 0 Å². The minimum atomic E-state index is 0.643. The highest BCUT2D eigenvalue weighted by Gasteiger charge is 2.10. The van der Waals surface area contributed by atoms with Gasteiger partial charge in [0, 0.05) is 0 Å². The Morgan fingerprint density at radius 1 is 0.880 bits per heavy atom. The molecule has 0 amide bonds. The van der Waals surface area contributed by atoms with Gasteiger partial charge in [0.1, 0.15) is 0 Å². The molecule has 0 saturated carbocycles. The molecule has 0 aliphatic rings. The summed E-state index contributed by atoms with van der Waals surface area (Å²) in [5.41, 5.74) is 4.28. The van der Waals surface area contributed by atoms with Crippen molar-refractivity contribution < 1.29 is 0 Å². The number of allylic oxidation sites excluding steroid dienone is 6. The van der Waals surface area contributed by atoms with E-state index in [0.717, 1.165) is 23.8 Å². The Hall–Kier alpha value is -1.04. The van der Waals surface area contributed by atoms with Crippen LogP contribution in [0.3, 0.4) is 0 Å². The van der Waals surface area contributed by atoms with Crippen molar-refractivity contribution in [2.24, 2.45) is 17.8 Å². The van der Waals surface area contributed by atoms with Crippen LogP contribution in [0.4, 0.5) is 0 Å². The zero-order valence-electron chi connectivity index (χ0n) is 18.0. The minimum absolute atomic E-state index is 0.643. The van der Waals surface area contributed by atoms with Gasteiger partial charge in [0.15, 0.2) is 0 Å². The average Bonchev–Trinajstić information content (AvgIpc) is 2.53. The first-order valence-corrected chi connectivity index (χ1v) is 10.4. The lowest BCUT2D eigenvalue weighted by Gasteiger charge is -2.18. The fourth-order valence-corrected chi connectivity index (χ4v) is 3.04. The average molecular weight is 345 g/mol. The standard InChI is InChI=1S/C25H44/c1-9-22(6)16-18-25(24(8)15-11-13-21(4)5)19-17-23(7)14-10-12-20(2)3/h9,15,17,20-21,25H,1,6,10-14,16,18-19H2,2-5,7-8H3/b23-17+,24-15+. The Balaban J connectivity index is 4.70. The summed E-state index contributed by atoms with van der Waals surface area (Å²) in [5, 5.41) is 0. The van der Waals surface area contributed by atoms with Gasteiger partial charge in [-0.2, -0.15) is 0 Å². The highest BCUT2D eigenvalue weighted by molar-refractivity contribution is 5.13. The van der Waals surface area contributed by atoms with E-state index in [2.05, 4.69) is 66.9 Å².